The lowest BCUT2D eigenvalue weighted by atomic mass is 10.1. The minimum atomic E-state index is -0.176. The van der Waals surface area contributed by atoms with Gasteiger partial charge in [-0.25, -0.2) is 9.97 Å². The maximum Gasteiger partial charge on any atom is 0.270 e. The van der Waals surface area contributed by atoms with Crippen LogP contribution in [0.15, 0.2) is 36.7 Å². The van der Waals surface area contributed by atoms with E-state index in [-0.39, 0.29) is 5.91 Å². The Kier molecular flexibility index (Phi) is 6.04. The molecule has 0 bridgehead atoms. The standard InChI is InChI=1S/C20H27N5O/c1-15(2)13-21-20(26)18-12-19(23-14-22-18)24-16-6-8-17(9-7-16)25-10-4-3-5-11-25/h6-9,12,14-15H,3-5,10-11,13H2,1-2H3,(H,21,26)(H,22,23,24). The zero-order chi connectivity index (χ0) is 18.4. The topological polar surface area (TPSA) is 70.2 Å². The molecule has 138 valence electrons. The molecule has 3 rings (SSSR count). The van der Waals surface area contributed by atoms with Crippen molar-refractivity contribution in [1.82, 2.24) is 15.3 Å². The summed E-state index contributed by atoms with van der Waals surface area (Å²) in [4.78, 5) is 22.8. The van der Waals surface area contributed by atoms with Gasteiger partial charge in [-0.3, -0.25) is 4.79 Å². The number of hydrogen-bond donors (Lipinski definition) is 2. The Balaban J connectivity index is 1.63. The van der Waals surface area contributed by atoms with E-state index in [1.54, 1.807) is 6.07 Å². The molecule has 0 aliphatic carbocycles. The molecule has 1 amide bonds. The third kappa shape index (κ3) is 4.94. The van der Waals surface area contributed by atoms with Gasteiger partial charge in [0.2, 0.25) is 0 Å². The Morgan fingerprint density at radius 1 is 1.12 bits per heavy atom. The van der Waals surface area contributed by atoms with Gasteiger partial charge < -0.3 is 15.5 Å². The minimum absolute atomic E-state index is 0.176. The van der Waals surface area contributed by atoms with E-state index in [0.29, 0.717) is 24.0 Å². The third-order valence-electron chi connectivity index (χ3n) is 4.43. The van der Waals surface area contributed by atoms with Crippen molar-refractivity contribution in [2.45, 2.75) is 33.1 Å². The first-order valence-electron chi connectivity index (χ1n) is 9.34. The Hall–Kier alpha value is -2.63. The van der Waals surface area contributed by atoms with Crippen molar-refractivity contribution in [2.75, 3.05) is 29.9 Å². The second-order valence-electron chi connectivity index (χ2n) is 7.11. The van der Waals surface area contributed by atoms with E-state index in [0.717, 1.165) is 18.8 Å². The summed E-state index contributed by atoms with van der Waals surface area (Å²) < 4.78 is 0. The molecular weight excluding hydrogens is 326 g/mol. The summed E-state index contributed by atoms with van der Waals surface area (Å²) in [5.41, 5.74) is 2.57. The number of benzene rings is 1. The fourth-order valence-corrected chi connectivity index (χ4v) is 2.99. The van der Waals surface area contributed by atoms with Crippen LogP contribution >= 0.6 is 0 Å². The molecule has 1 aliphatic heterocycles. The predicted octanol–water partition coefficient (Wildman–Crippen LogP) is 3.60. The van der Waals surface area contributed by atoms with Crippen molar-refractivity contribution in [2.24, 2.45) is 5.92 Å². The van der Waals surface area contributed by atoms with Crippen molar-refractivity contribution in [3.8, 4) is 0 Å². The highest BCUT2D eigenvalue weighted by Gasteiger charge is 2.11. The van der Waals surface area contributed by atoms with Gasteiger partial charge >= 0.3 is 0 Å². The van der Waals surface area contributed by atoms with Crippen molar-refractivity contribution in [3.63, 3.8) is 0 Å². The molecule has 2 N–H and O–H groups in total. The van der Waals surface area contributed by atoms with E-state index in [2.05, 4.69) is 51.5 Å². The zero-order valence-corrected chi connectivity index (χ0v) is 15.5. The second-order valence-corrected chi connectivity index (χ2v) is 7.11. The molecule has 0 radical (unpaired) electrons. The molecule has 0 atom stereocenters. The fourth-order valence-electron chi connectivity index (χ4n) is 2.99. The molecule has 6 nitrogen and oxygen atoms in total. The van der Waals surface area contributed by atoms with Crippen molar-refractivity contribution < 1.29 is 4.79 Å². The van der Waals surface area contributed by atoms with Crippen LogP contribution in [-0.2, 0) is 0 Å². The number of nitrogens with zero attached hydrogens (tertiary/aromatic N) is 3. The number of nitrogens with one attached hydrogen (secondary N) is 2. The summed E-state index contributed by atoms with van der Waals surface area (Å²) in [7, 11) is 0. The third-order valence-corrected chi connectivity index (χ3v) is 4.43. The lowest BCUT2D eigenvalue weighted by Gasteiger charge is -2.28. The number of amides is 1. The first kappa shape index (κ1) is 18.2. The van der Waals surface area contributed by atoms with Crippen LogP contribution in [0.25, 0.3) is 0 Å². The van der Waals surface area contributed by atoms with E-state index in [1.807, 2.05) is 12.1 Å². The van der Waals surface area contributed by atoms with Crippen LogP contribution in [0.4, 0.5) is 17.2 Å². The number of anilines is 3. The van der Waals surface area contributed by atoms with E-state index < -0.39 is 0 Å². The lowest BCUT2D eigenvalue weighted by molar-refractivity contribution is 0.0944. The molecule has 1 aromatic heterocycles. The zero-order valence-electron chi connectivity index (χ0n) is 15.5. The van der Waals surface area contributed by atoms with Crippen LogP contribution in [0.2, 0.25) is 0 Å². The average Bonchev–Trinajstić information content (AvgIpc) is 2.67. The summed E-state index contributed by atoms with van der Waals surface area (Å²) >= 11 is 0. The van der Waals surface area contributed by atoms with Crippen molar-refractivity contribution in [3.05, 3.63) is 42.4 Å². The maximum absolute atomic E-state index is 12.1. The SMILES string of the molecule is CC(C)CNC(=O)c1cc(Nc2ccc(N3CCCCC3)cc2)ncn1. The Morgan fingerprint density at radius 3 is 2.54 bits per heavy atom. The molecule has 1 aliphatic rings. The van der Waals surface area contributed by atoms with Crippen LogP contribution in [0, 0.1) is 5.92 Å². The van der Waals surface area contributed by atoms with Gasteiger partial charge in [0, 0.05) is 37.1 Å². The fraction of sp³-hybridized carbons (Fsp3) is 0.450. The van der Waals surface area contributed by atoms with Crippen LogP contribution < -0.4 is 15.5 Å². The van der Waals surface area contributed by atoms with Gasteiger partial charge in [0.25, 0.3) is 5.91 Å². The van der Waals surface area contributed by atoms with Gasteiger partial charge in [-0.05, 0) is 49.4 Å². The number of aromatic nitrogens is 2. The average molecular weight is 353 g/mol. The minimum Gasteiger partial charge on any atom is -0.372 e. The molecule has 6 heteroatoms. The van der Waals surface area contributed by atoms with Crippen LogP contribution in [0.5, 0.6) is 0 Å². The highest BCUT2D eigenvalue weighted by Crippen LogP contribution is 2.23. The van der Waals surface area contributed by atoms with Crippen molar-refractivity contribution >= 4 is 23.1 Å². The first-order valence-corrected chi connectivity index (χ1v) is 9.34. The maximum atomic E-state index is 12.1. The smallest absolute Gasteiger partial charge is 0.270 e. The summed E-state index contributed by atoms with van der Waals surface area (Å²) in [5.74, 6) is 0.835. The van der Waals surface area contributed by atoms with Gasteiger partial charge in [0.1, 0.15) is 17.8 Å². The van der Waals surface area contributed by atoms with E-state index in [4.69, 9.17) is 0 Å². The van der Waals surface area contributed by atoms with Crippen LogP contribution in [-0.4, -0.2) is 35.5 Å². The molecular formula is C20H27N5O. The monoisotopic (exact) mass is 353 g/mol. The van der Waals surface area contributed by atoms with Gasteiger partial charge in [-0.2, -0.15) is 0 Å². The Morgan fingerprint density at radius 2 is 1.85 bits per heavy atom. The number of piperidine rings is 1. The summed E-state index contributed by atoms with van der Waals surface area (Å²) in [6.07, 6.45) is 5.27. The molecule has 0 spiro atoms. The highest BCUT2D eigenvalue weighted by molar-refractivity contribution is 5.92. The largest absolute Gasteiger partial charge is 0.372 e. The molecule has 1 saturated heterocycles. The first-order chi connectivity index (χ1) is 12.6. The van der Waals surface area contributed by atoms with Gasteiger partial charge in [-0.15, -0.1) is 0 Å². The number of carbonyl (C=O) groups is 1. The molecule has 1 aromatic carbocycles. The Labute approximate surface area is 155 Å². The Bertz CT molecular complexity index is 723. The summed E-state index contributed by atoms with van der Waals surface area (Å²) in [6, 6.07) is 10.0. The molecule has 2 aromatic rings. The van der Waals surface area contributed by atoms with Gasteiger partial charge in [0.05, 0.1) is 0 Å². The van der Waals surface area contributed by atoms with Crippen LogP contribution in [0.1, 0.15) is 43.6 Å². The highest BCUT2D eigenvalue weighted by atomic mass is 16.1. The quantitative estimate of drug-likeness (QED) is 0.830. The second kappa shape index (κ2) is 8.65. The molecule has 26 heavy (non-hydrogen) atoms. The molecule has 2 heterocycles. The van der Waals surface area contributed by atoms with Crippen molar-refractivity contribution in [1.29, 1.82) is 0 Å². The number of hydrogen-bond acceptors (Lipinski definition) is 5. The van der Waals surface area contributed by atoms with E-state index in [1.165, 1.54) is 31.3 Å². The van der Waals surface area contributed by atoms with Crippen LogP contribution in [0.3, 0.4) is 0 Å². The van der Waals surface area contributed by atoms with Gasteiger partial charge in [0.15, 0.2) is 0 Å². The van der Waals surface area contributed by atoms with E-state index in [9.17, 15) is 4.79 Å². The summed E-state index contributed by atoms with van der Waals surface area (Å²) in [5, 5.41) is 6.12. The predicted molar refractivity (Wildman–Crippen MR) is 105 cm³/mol. The molecule has 0 unspecified atom stereocenters. The summed E-state index contributed by atoms with van der Waals surface area (Å²) in [6.45, 7) is 7.01. The number of carbonyl (C=O) groups excluding carboxylic acids is 1. The molecule has 0 saturated carbocycles. The normalized spacial score (nSPS) is 14.3. The molecule has 1 fully saturated rings. The lowest BCUT2D eigenvalue weighted by Crippen LogP contribution is -2.29. The number of rotatable bonds is 6. The van der Waals surface area contributed by atoms with E-state index >= 15 is 0 Å². The van der Waals surface area contributed by atoms with Gasteiger partial charge in [-0.1, -0.05) is 13.8 Å².